The van der Waals surface area contributed by atoms with E-state index in [1.807, 2.05) is 35.7 Å². The second-order valence-corrected chi connectivity index (χ2v) is 7.51. The minimum atomic E-state index is 0.572. The number of thiazole rings is 1. The summed E-state index contributed by atoms with van der Waals surface area (Å²) in [6.07, 6.45) is 0. The quantitative estimate of drug-likeness (QED) is 0.497. The number of benzene rings is 2. The van der Waals surface area contributed by atoms with Crippen LogP contribution in [0.1, 0.15) is 5.56 Å². The van der Waals surface area contributed by atoms with Gasteiger partial charge in [-0.05, 0) is 19.1 Å². The molecule has 0 bridgehead atoms. The lowest BCUT2D eigenvalue weighted by atomic mass is 10.1. The van der Waals surface area contributed by atoms with Crippen LogP contribution in [-0.2, 0) is 0 Å². The molecule has 2 heterocycles. The van der Waals surface area contributed by atoms with Crippen molar-refractivity contribution in [3.8, 4) is 27.6 Å². The Hall–Kier alpha value is -2.44. The van der Waals surface area contributed by atoms with Crippen LogP contribution in [0.5, 0.6) is 0 Å². The minimum Gasteiger partial charge on any atom is -0.383 e. The number of hydrogen-bond donors (Lipinski definition) is 1. The molecule has 4 aromatic rings. The molecule has 2 aromatic heterocycles. The number of halogens is 1. The molecular weight excluding hydrogens is 396 g/mol. The van der Waals surface area contributed by atoms with Crippen LogP contribution in [-0.4, -0.2) is 14.8 Å². The number of aromatic nitrogens is 3. The predicted octanol–water partition coefficient (Wildman–Crippen LogP) is 5.32. The second-order valence-electron chi connectivity index (χ2n) is 5.75. The largest absolute Gasteiger partial charge is 0.383 e. The van der Waals surface area contributed by atoms with Crippen molar-refractivity contribution in [3.05, 3.63) is 70.0 Å². The maximum atomic E-state index is 6.17. The van der Waals surface area contributed by atoms with E-state index in [1.165, 1.54) is 16.9 Å². The topological polar surface area (TPSA) is 56.7 Å². The highest BCUT2D eigenvalue weighted by atomic mass is 79.9. The second kappa shape index (κ2) is 6.46. The van der Waals surface area contributed by atoms with Crippen molar-refractivity contribution >= 4 is 33.1 Å². The lowest BCUT2D eigenvalue weighted by Gasteiger charge is -1.99. The summed E-state index contributed by atoms with van der Waals surface area (Å²) in [5.41, 5.74) is 11.3. The van der Waals surface area contributed by atoms with Gasteiger partial charge in [0.1, 0.15) is 5.82 Å². The van der Waals surface area contributed by atoms with Crippen molar-refractivity contribution in [1.82, 2.24) is 14.8 Å². The molecule has 0 radical (unpaired) electrons. The van der Waals surface area contributed by atoms with Gasteiger partial charge in [0.25, 0.3) is 0 Å². The molecule has 0 atom stereocenters. The van der Waals surface area contributed by atoms with Gasteiger partial charge in [0.15, 0.2) is 0 Å². The van der Waals surface area contributed by atoms with Gasteiger partial charge in [-0.1, -0.05) is 57.9 Å². The number of aryl methyl sites for hydroxylation is 1. The third-order valence-electron chi connectivity index (χ3n) is 3.90. The number of nitrogens with two attached hydrogens (primary N) is 1. The summed E-state index contributed by atoms with van der Waals surface area (Å²) >= 11 is 4.97. The Morgan fingerprint density at radius 3 is 2.32 bits per heavy atom. The maximum Gasteiger partial charge on any atom is 0.212 e. The van der Waals surface area contributed by atoms with E-state index in [9.17, 15) is 0 Å². The smallest absolute Gasteiger partial charge is 0.212 e. The third kappa shape index (κ3) is 3.23. The lowest BCUT2D eigenvalue weighted by Crippen LogP contribution is -2.01. The Balaban J connectivity index is 1.69. The number of anilines is 1. The fourth-order valence-corrected chi connectivity index (χ4v) is 3.60. The Morgan fingerprint density at radius 2 is 1.60 bits per heavy atom. The van der Waals surface area contributed by atoms with E-state index in [0.29, 0.717) is 5.82 Å². The molecule has 0 unspecified atom stereocenters. The molecule has 0 amide bonds. The molecule has 2 aromatic carbocycles. The van der Waals surface area contributed by atoms with E-state index in [2.05, 4.69) is 52.2 Å². The van der Waals surface area contributed by atoms with E-state index in [4.69, 9.17) is 10.7 Å². The van der Waals surface area contributed by atoms with Crippen molar-refractivity contribution in [2.24, 2.45) is 0 Å². The van der Waals surface area contributed by atoms with Gasteiger partial charge in [-0.3, -0.25) is 0 Å². The Labute approximate surface area is 158 Å². The molecule has 0 saturated carbocycles. The first-order chi connectivity index (χ1) is 12.1. The molecule has 25 heavy (non-hydrogen) atoms. The summed E-state index contributed by atoms with van der Waals surface area (Å²) in [5, 5.41) is 7.41. The lowest BCUT2D eigenvalue weighted by molar-refractivity contribution is 0.884. The number of rotatable bonds is 3. The zero-order valence-corrected chi connectivity index (χ0v) is 15.9. The van der Waals surface area contributed by atoms with Crippen LogP contribution >= 0.6 is 27.3 Å². The number of nitrogens with zero attached hydrogens (tertiary/aromatic N) is 3. The molecule has 0 aliphatic carbocycles. The molecule has 0 fully saturated rings. The van der Waals surface area contributed by atoms with Crippen molar-refractivity contribution in [3.63, 3.8) is 0 Å². The summed E-state index contributed by atoms with van der Waals surface area (Å²) in [6, 6.07) is 18.2. The van der Waals surface area contributed by atoms with Crippen LogP contribution < -0.4 is 5.73 Å². The standard InChI is InChI=1S/C19H15BrN4S/c1-12-2-4-14(5-3-12)17-11-25-19(22-17)24-18(21)10-16(23-24)13-6-8-15(20)9-7-13/h2-11H,21H2,1H3. The van der Waals surface area contributed by atoms with Gasteiger partial charge in [0, 0.05) is 27.0 Å². The van der Waals surface area contributed by atoms with E-state index in [1.54, 1.807) is 4.68 Å². The first-order valence-electron chi connectivity index (χ1n) is 7.74. The Bertz CT molecular complexity index is 1020. The van der Waals surface area contributed by atoms with Crippen molar-refractivity contribution in [1.29, 1.82) is 0 Å². The molecule has 6 heteroatoms. The molecule has 0 aliphatic rings. The van der Waals surface area contributed by atoms with Crippen molar-refractivity contribution < 1.29 is 0 Å². The molecular formula is C19H15BrN4S. The third-order valence-corrected chi connectivity index (χ3v) is 5.24. The van der Waals surface area contributed by atoms with Gasteiger partial charge < -0.3 is 5.73 Å². The molecule has 2 N–H and O–H groups in total. The summed E-state index contributed by atoms with van der Waals surface area (Å²) in [4.78, 5) is 4.69. The fraction of sp³-hybridized carbons (Fsp3) is 0.0526. The summed E-state index contributed by atoms with van der Waals surface area (Å²) in [5.74, 6) is 0.572. The van der Waals surface area contributed by atoms with Gasteiger partial charge in [-0.25, -0.2) is 4.98 Å². The highest BCUT2D eigenvalue weighted by molar-refractivity contribution is 9.10. The van der Waals surface area contributed by atoms with E-state index < -0.39 is 0 Å². The molecule has 4 nitrogen and oxygen atoms in total. The van der Waals surface area contributed by atoms with Crippen molar-refractivity contribution in [2.45, 2.75) is 6.92 Å². The van der Waals surface area contributed by atoms with Gasteiger partial charge in [-0.2, -0.15) is 9.78 Å². The van der Waals surface area contributed by atoms with Crippen LogP contribution in [0.4, 0.5) is 5.82 Å². The zero-order chi connectivity index (χ0) is 17.4. The predicted molar refractivity (Wildman–Crippen MR) is 107 cm³/mol. The van der Waals surface area contributed by atoms with Crippen LogP contribution in [0.3, 0.4) is 0 Å². The zero-order valence-electron chi connectivity index (χ0n) is 13.5. The van der Waals surface area contributed by atoms with Crippen LogP contribution in [0.25, 0.3) is 27.6 Å². The van der Waals surface area contributed by atoms with Gasteiger partial charge in [0.05, 0.1) is 11.4 Å². The molecule has 0 aliphatic heterocycles. The fourth-order valence-electron chi connectivity index (χ4n) is 2.53. The molecule has 124 valence electrons. The summed E-state index contributed by atoms with van der Waals surface area (Å²) in [6.45, 7) is 2.07. The normalized spacial score (nSPS) is 11.0. The monoisotopic (exact) mass is 410 g/mol. The number of nitrogen functional groups attached to an aromatic ring is 1. The number of hydrogen-bond acceptors (Lipinski definition) is 4. The summed E-state index contributed by atoms with van der Waals surface area (Å²) in [7, 11) is 0. The van der Waals surface area contributed by atoms with E-state index in [0.717, 1.165) is 32.1 Å². The summed E-state index contributed by atoms with van der Waals surface area (Å²) < 4.78 is 2.73. The molecule has 0 spiro atoms. The minimum absolute atomic E-state index is 0.572. The molecule has 4 rings (SSSR count). The van der Waals surface area contributed by atoms with Crippen molar-refractivity contribution in [2.75, 3.05) is 5.73 Å². The average molecular weight is 411 g/mol. The first kappa shape index (κ1) is 16.1. The van der Waals surface area contributed by atoms with Crippen LogP contribution in [0, 0.1) is 6.92 Å². The van der Waals surface area contributed by atoms with Crippen LogP contribution in [0.2, 0.25) is 0 Å². The van der Waals surface area contributed by atoms with E-state index in [-0.39, 0.29) is 0 Å². The maximum absolute atomic E-state index is 6.17. The van der Waals surface area contributed by atoms with Gasteiger partial charge in [-0.15, -0.1) is 11.3 Å². The highest BCUT2D eigenvalue weighted by Crippen LogP contribution is 2.28. The highest BCUT2D eigenvalue weighted by Gasteiger charge is 2.13. The first-order valence-corrected chi connectivity index (χ1v) is 9.42. The molecule has 0 saturated heterocycles. The Morgan fingerprint density at radius 1 is 0.960 bits per heavy atom. The average Bonchev–Trinajstić information content (AvgIpc) is 3.23. The van der Waals surface area contributed by atoms with Gasteiger partial charge in [0.2, 0.25) is 5.13 Å². The Kier molecular flexibility index (Phi) is 4.15. The van der Waals surface area contributed by atoms with E-state index >= 15 is 0 Å². The van der Waals surface area contributed by atoms with Gasteiger partial charge >= 0.3 is 0 Å². The van der Waals surface area contributed by atoms with Crippen LogP contribution in [0.15, 0.2) is 64.5 Å². The SMILES string of the molecule is Cc1ccc(-c2csc(-n3nc(-c4ccc(Br)cc4)cc3N)n2)cc1.